The van der Waals surface area contributed by atoms with E-state index in [1.54, 1.807) is 31.2 Å². The van der Waals surface area contributed by atoms with Gasteiger partial charge in [-0.2, -0.15) is 5.10 Å². The lowest BCUT2D eigenvalue weighted by molar-refractivity contribution is -0.288. The summed E-state index contributed by atoms with van der Waals surface area (Å²) in [5, 5.41) is 6.89. The number of H-pyrrole nitrogens is 1. The maximum absolute atomic E-state index is 12.0. The van der Waals surface area contributed by atoms with Gasteiger partial charge in [0, 0.05) is 27.7 Å². The van der Waals surface area contributed by atoms with Crippen LogP contribution in [-0.4, -0.2) is 76.4 Å². The first-order valence-corrected chi connectivity index (χ1v) is 11.0. The number of nitrogens with zero attached hydrogens (tertiary/aromatic N) is 2. The number of hydrogen-bond donors (Lipinski definition) is 1. The van der Waals surface area contributed by atoms with E-state index in [-0.39, 0.29) is 12.4 Å². The Bertz CT molecular complexity index is 1120. The minimum atomic E-state index is -1.37. The molecule has 0 bridgehead atoms. The average molecular weight is 505 g/mol. The summed E-state index contributed by atoms with van der Waals surface area (Å²) in [5.41, 5.74) is 0.495. The monoisotopic (exact) mass is 505 g/mol. The molecule has 5 atom stereocenters. The first kappa shape index (κ1) is 26.6. The Morgan fingerprint density at radius 3 is 2.08 bits per heavy atom. The number of aromatic nitrogens is 3. The molecule has 0 saturated carbocycles. The second-order valence-corrected chi connectivity index (χ2v) is 7.93. The van der Waals surface area contributed by atoms with Crippen LogP contribution < -0.4 is 4.74 Å². The molecule has 1 fully saturated rings. The molecule has 1 aliphatic heterocycles. The molecule has 1 aromatic carbocycles. The largest absolute Gasteiger partial charge is 0.463 e. The maximum atomic E-state index is 12.0. The fourth-order valence-electron chi connectivity index (χ4n) is 3.63. The fourth-order valence-corrected chi connectivity index (χ4v) is 3.63. The summed E-state index contributed by atoms with van der Waals surface area (Å²) in [4.78, 5) is 51.6. The number of carbonyl (C=O) groups is 4. The predicted molar refractivity (Wildman–Crippen MR) is 119 cm³/mol. The standard InChI is InChI=1S/C23H27N3O10/c1-11-24-22(26-25-11)16-8-6-7-9-17(16)35-23-21(34-15(5)30)20(33-14(4)29)19(32-13(3)28)18(36-23)10-31-12(2)27/h6-9,18-21,23H,10H2,1-5H3,(H,24,25,26)/t18-,19-,20+,21-,23+/m0/s1. The zero-order valence-corrected chi connectivity index (χ0v) is 20.4. The van der Waals surface area contributed by atoms with Crippen LogP contribution in [0.4, 0.5) is 0 Å². The highest BCUT2D eigenvalue weighted by atomic mass is 16.7. The van der Waals surface area contributed by atoms with Crippen LogP contribution in [0, 0.1) is 6.92 Å². The third-order valence-electron chi connectivity index (χ3n) is 4.92. The molecule has 2 aromatic rings. The second kappa shape index (κ2) is 11.6. The smallest absolute Gasteiger partial charge is 0.303 e. The van der Waals surface area contributed by atoms with Crippen molar-refractivity contribution in [2.75, 3.05) is 6.61 Å². The summed E-state index contributed by atoms with van der Waals surface area (Å²) in [6.07, 6.45) is -6.47. The lowest BCUT2D eigenvalue weighted by Crippen LogP contribution is -2.63. The average Bonchev–Trinajstić information content (AvgIpc) is 3.22. The number of aryl methyl sites for hydroxylation is 1. The Morgan fingerprint density at radius 2 is 1.50 bits per heavy atom. The van der Waals surface area contributed by atoms with Gasteiger partial charge in [0.1, 0.15) is 24.3 Å². The van der Waals surface area contributed by atoms with Gasteiger partial charge in [0.25, 0.3) is 0 Å². The van der Waals surface area contributed by atoms with Crippen LogP contribution in [0.25, 0.3) is 11.4 Å². The Kier molecular flexibility index (Phi) is 8.59. The summed E-state index contributed by atoms with van der Waals surface area (Å²) in [7, 11) is 0. The number of carbonyl (C=O) groups excluding carboxylic acids is 4. The second-order valence-electron chi connectivity index (χ2n) is 7.93. The molecule has 0 spiro atoms. The van der Waals surface area contributed by atoms with Gasteiger partial charge in [-0.05, 0) is 19.1 Å². The van der Waals surface area contributed by atoms with Crippen molar-refractivity contribution >= 4 is 23.9 Å². The van der Waals surface area contributed by atoms with Gasteiger partial charge in [-0.25, -0.2) is 4.98 Å². The van der Waals surface area contributed by atoms with Crippen LogP contribution in [0.2, 0.25) is 0 Å². The SMILES string of the molecule is CC(=O)OC[C@@H]1O[C@@H](Oc2ccccc2-c2n[nH]c(C)n2)[C@@H](OC(C)=O)[C@H](OC(C)=O)[C@H]1OC(C)=O. The lowest BCUT2D eigenvalue weighted by atomic mass is 9.98. The first-order valence-electron chi connectivity index (χ1n) is 11.0. The number of esters is 4. The summed E-state index contributed by atoms with van der Waals surface area (Å²) < 4.78 is 33.3. The molecule has 2 heterocycles. The van der Waals surface area contributed by atoms with Crippen LogP contribution in [0.5, 0.6) is 5.75 Å². The first-order chi connectivity index (χ1) is 17.0. The molecule has 1 aliphatic rings. The molecule has 13 nitrogen and oxygen atoms in total. The number of rotatable bonds is 8. The molecule has 194 valence electrons. The van der Waals surface area contributed by atoms with Crippen molar-refractivity contribution in [1.29, 1.82) is 0 Å². The van der Waals surface area contributed by atoms with Gasteiger partial charge in [-0.1, -0.05) is 12.1 Å². The highest BCUT2D eigenvalue weighted by Gasteiger charge is 2.53. The minimum absolute atomic E-state index is 0.261. The zero-order valence-electron chi connectivity index (χ0n) is 20.4. The van der Waals surface area contributed by atoms with Crippen molar-refractivity contribution in [3.05, 3.63) is 30.1 Å². The molecular weight excluding hydrogens is 478 g/mol. The molecule has 0 aliphatic carbocycles. The van der Waals surface area contributed by atoms with E-state index in [1.807, 2.05) is 0 Å². The lowest BCUT2D eigenvalue weighted by Gasteiger charge is -2.44. The van der Waals surface area contributed by atoms with Gasteiger partial charge in [0.2, 0.25) is 12.4 Å². The minimum Gasteiger partial charge on any atom is -0.463 e. The van der Waals surface area contributed by atoms with E-state index in [0.29, 0.717) is 17.2 Å². The van der Waals surface area contributed by atoms with E-state index in [4.69, 9.17) is 28.4 Å². The van der Waals surface area contributed by atoms with Gasteiger partial charge >= 0.3 is 23.9 Å². The molecular formula is C23H27N3O10. The Balaban J connectivity index is 2.03. The van der Waals surface area contributed by atoms with Crippen molar-refractivity contribution in [1.82, 2.24) is 15.2 Å². The van der Waals surface area contributed by atoms with Crippen LogP contribution in [0.3, 0.4) is 0 Å². The Labute approximate surface area is 206 Å². The third kappa shape index (κ3) is 6.78. The van der Waals surface area contributed by atoms with Gasteiger partial charge in [-0.15, -0.1) is 0 Å². The Morgan fingerprint density at radius 1 is 0.889 bits per heavy atom. The van der Waals surface area contributed by atoms with Crippen molar-refractivity contribution in [3.8, 4) is 17.1 Å². The van der Waals surface area contributed by atoms with Crippen LogP contribution in [0.15, 0.2) is 24.3 Å². The van der Waals surface area contributed by atoms with Crippen molar-refractivity contribution in [3.63, 3.8) is 0 Å². The Hall–Kier alpha value is -4.00. The molecule has 0 unspecified atom stereocenters. The molecule has 0 radical (unpaired) electrons. The number of hydrogen-bond acceptors (Lipinski definition) is 12. The van der Waals surface area contributed by atoms with E-state index in [2.05, 4.69) is 15.2 Å². The topological polar surface area (TPSA) is 165 Å². The van der Waals surface area contributed by atoms with Crippen LogP contribution in [-0.2, 0) is 42.9 Å². The van der Waals surface area contributed by atoms with E-state index >= 15 is 0 Å². The van der Waals surface area contributed by atoms with Crippen molar-refractivity contribution in [2.45, 2.75) is 65.3 Å². The zero-order chi connectivity index (χ0) is 26.4. The summed E-state index contributed by atoms with van der Waals surface area (Å²) in [6, 6.07) is 6.78. The fraction of sp³-hybridized carbons (Fsp3) is 0.478. The number of para-hydroxylation sites is 1. The highest BCUT2D eigenvalue weighted by molar-refractivity contribution is 5.69. The van der Waals surface area contributed by atoms with Crippen LogP contribution >= 0.6 is 0 Å². The number of aromatic amines is 1. The predicted octanol–water partition coefficient (Wildman–Crippen LogP) is 1.24. The van der Waals surface area contributed by atoms with E-state index in [0.717, 1.165) is 20.8 Å². The van der Waals surface area contributed by atoms with E-state index in [9.17, 15) is 19.2 Å². The van der Waals surface area contributed by atoms with Crippen molar-refractivity contribution in [2.24, 2.45) is 0 Å². The van der Waals surface area contributed by atoms with Gasteiger partial charge in [-0.3, -0.25) is 24.3 Å². The van der Waals surface area contributed by atoms with Gasteiger partial charge in [0.05, 0.1) is 5.56 Å². The molecule has 0 amide bonds. The van der Waals surface area contributed by atoms with Crippen molar-refractivity contribution < 1.29 is 47.6 Å². The third-order valence-corrected chi connectivity index (χ3v) is 4.92. The molecule has 1 saturated heterocycles. The number of benzene rings is 1. The van der Waals surface area contributed by atoms with Gasteiger partial charge < -0.3 is 28.4 Å². The molecule has 13 heteroatoms. The molecule has 1 aromatic heterocycles. The normalized spacial score (nSPS) is 23.3. The summed E-state index contributed by atoms with van der Waals surface area (Å²) in [6.45, 7) is 6.00. The maximum Gasteiger partial charge on any atom is 0.303 e. The van der Waals surface area contributed by atoms with Gasteiger partial charge in [0.15, 0.2) is 18.0 Å². The molecule has 36 heavy (non-hydrogen) atoms. The number of ether oxygens (including phenoxy) is 6. The van der Waals surface area contributed by atoms with E-state index in [1.165, 1.54) is 6.92 Å². The molecule has 1 N–H and O–H groups in total. The summed E-state index contributed by atoms with van der Waals surface area (Å²) in [5.74, 6) is -1.63. The highest BCUT2D eigenvalue weighted by Crippen LogP contribution is 2.34. The number of nitrogens with one attached hydrogen (secondary N) is 1. The van der Waals surface area contributed by atoms with E-state index < -0.39 is 54.6 Å². The van der Waals surface area contributed by atoms with Crippen LogP contribution in [0.1, 0.15) is 33.5 Å². The molecule has 3 rings (SSSR count). The quantitative estimate of drug-likeness (QED) is 0.403. The summed E-state index contributed by atoms with van der Waals surface area (Å²) >= 11 is 0.